The van der Waals surface area contributed by atoms with Crippen LogP contribution < -0.4 is 5.43 Å². The van der Waals surface area contributed by atoms with Gasteiger partial charge in [-0.25, -0.2) is 4.98 Å². The number of rotatable bonds is 5. The lowest BCUT2D eigenvalue weighted by Crippen LogP contribution is -2.35. The summed E-state index contributed by atoms with van der Waals surface area (Å²) in [6.07, 6.45) is 1.94. The number of aromatic amines is 1. The van der Waals surface area contributed by atoms with Crippen molar-refractivity contribution in [2.24, 2.45) is 5.10 Å². The Bertz CT molecular complexity index is 1550. The van der Waals surface area contributed by atoms with Crippen LogP contribution in [-0.4, -0.2) is 51.9 Å². The lowest BCUT2D eigenvalue weighted by molar-refractivity contribution is 0.0341. The van der Waals surface area contributed by atoms with E-state index in [4.69, 9.17) is 9.72 Å². The second-order valence-corrected chi connectivity index (χ2v) is 9.71. The molecule has 4 heterocycles. The second-order valence-electron chi connectivity index (χ2n) is 8.79. The van der Waals surface area contributed by atoms with Gasteiger partial charge in [0.05, 0.1) is 35.7 Å². The Hall–Kier alpha value is -3.33. The van der Waals surface area contributed by atoms with Crippen LogP contribution in [0.5, 0.6) is 0 Å². The predicted octanol–water partition coefficient (Wildman–Crippen LogP) is 5.70. The summed E-state index contributed by atoms with van der Waals surface area (Å²) in [4.78, 5) is 15.4. The number of halogens is 1. The Labute approximate surface area is 211 Å². The molecule has 5 aromatic rings. The molecule has 7 nitrogen and oxygen atoms in total. The Balaban J connectivity index is 1.31. The van der Waals surface area contributed by atoms with Crippen LogP contribution >= 0.6 is 15.9 Å². The SMILES string of the molecule is CC(=NNc1nc2ccccc2c2c1[nH]c1ccc(Br)cc12)c1ccc(CN2CCOCC2)cn1. The number of hydrogen-bond acceptors (Lipinski definition) is 6. The highest BCUT2D eigenvalue weighted by Crippen LogP contribution is 2.36. The normalized spacial score (nSPS) is 15.3. The first-order chi connectivity index (χ1) is 17.2. The summed E-state index contributed by atoms with van der Waals surface area (Å²) in [6.45, 7) is 6.37. The number of hydrogen-bond donors (Lipinski definition) is 2. The molecule has 0 amide bonds. The monoisotopic (exact) mass is 528 g/mol. The molecule has 1 fully saturated rings. The molecule has 0 aliphatic carbocycles. The number of nitrogens with zero attached hydrogens (tertiary/aromatic N) is 4. The molecule has 176 valence electrons. The van der Waals surface area contributed by atoms with Gasteiger partial charge in [-0.3, -0.25) is 15.3 Å². The molecule has 2 aromatic carbocycles. The predicted molar refractivity (Wildman–Crippen MR) is 145 cm³/mol. The second kappa shape index (κ2) is 9.37. The van der Waals surface area contributed by atoms with E-state index in [9.17, 15) is 0 Å². The molecule has 0 atom stereocenters. The van der Waals surface area contributed by atoms with Gasteiger partial charge in [0.2, 0.25) is 0 Å². The van der Waals surface area contributed by atoms with Gasteiger partial charge in [0.25, 0.3) is 0 Å². The molecule has 35 heavy (non-hydrogen) atoms. The summed E-state index contributed by atoms with van der Waals surface area (Å²) in [6, 6.07) is 18.6. The van der Waals surface area contributed by atoms with Crippen molar-refractivity contribution in [1.82, 2.24) is 19.9 Å². The molecule has 1 aliphatic rings. The number of benzene rings is 2. The third-order valence-corrected chi connectivity index (χ3v) is 6.93. The van der Waals surface area contributed by atoms with Gasteiger partial charge in [-0.05, 0) is 42.8 Å². The third-order valence-electron chi connectivity index (χ3n) is 6.44. The van der Waals surface area contributed by atoms with Crippen LogP contribution in [0.2, 0.25) is 0 Å². The number of nitrogens with one attached hydrogen (secondary N) is 2. The first-order valence-electron chi connectivity index (χ1n) is 11.7. The quantitative estimate of drug-likeness (QED) is 0.226. The number of hydrazone groups is 1. The molecule has 0 spiro atoms. The molecule has 1 saturated heterocycles. The number of ether oxygens (including phenoxy) is 1. The van der Waals surface area contributed by atoms with Crippen LogP contribution in [-0.2, 0) is 11.3 Å². The molecule has 1 aliphatic heterocycles. The number of para-hydroxylation sites is 1. The van der Waals surface area contributed by atoms with Crippen LogP contribution in [0, 0.1) is 0 Å². The van der Waals surface area contributed by atoms with E-state index in [1.807, 2.05) is 43.5 Å². The Morgan fingerprint density at radius 3 is 2.80 bits per heavy atom. The zero-order valence-electron chi connectivity index (χ0n) is 19.4. The highest BCUT2D eigenvalue weighted by Gasteiger charge is 2.15. The molecule has 2 N–H and O–H groups in total. The van der Waals surface area contributed by atoms with Crippen molar-refractivity contribution in [2.75, 3.05) is 31.7 Å². The maximum Gasteiger partial charge on any atom is 0.171 e. The van der Waals surface area contributed by atoms with Crippen molar-refractivity contribution in [3.8, 4) is 0 Å². The molecule has 8 heteroatoms. The number of aromatic nitrogens is 3. The summed E-state index contributed by atoms with van der Waals surface area (Å²) >= 11 is 3.61. The fourth-order valence-corrected chi connectivity index (χ4v) is 4.97. The van der Waals surface area contributed by atoms with Gasteiger partial charge >= 0.3 is 0 Å². The number of H-pyrrole nitrogens is 1. The minimum Gasteiger partial charge on any atom is -0.379 e. The average Bonchev–Trinajstić information content (AvgIpc) is 3.27. The minimum absolute atomic E-state index is 0.689. The first kappa shape index (κ1) is 22.2. The van der Waals surface area contributed by atoms with E-state index < -0.39 is 0 Å². The van der Waals surface area contributed by atoms with Crippen molar-refractivity contribution >= 4 is 60.2 Å². The molecule has 0 saturated carbocycles. The van der Waals surface area contributed by atoms with Gasteiger partial charge in [0.1, 0.15) is 0 Å². The van der Waals surface area contributed by atoms with Crippen molar-refractivity contribution in [2.45, 2.75) is 13.5 Å². The fourth-order valence-electron chi connectivity index (χ4n) is 4.60. The van der Waals surface area contributed by atoms with E-state index in [1.54, 1.807) is 0 Å². The number of pyridine rings is 2. The average molecular weight is 529 g/mol. The Kier molecular flexibility index (Phi) is 5.93. The summed E-state index contributed by atoms with van der Waals surface area (Å²) in [7, 11) is 0. The topological polar surface area (TPSA) is 78.4 Å². The maximum absolute atomic E-state index is 5.43. The fraction of sp³-hybridized carbons (Fsp3) is 0.222. The van der Waals surface area contributed by atoms with Crippen molar-refractivity contribution < 1.29 is 4.74 Å². The molecule has 6 rings (SSSR count). The Morgan fingerprint density at radius 2 is 1.97 bits per heavy atom. The number of morpholine rings is 1. The molecule has 3 aromatic heterocycles. The zero-order chi connectivity index (χ0) is 23.8. The zero-order valence-corrected chi connectivity index (χ0v) is 21.0. The van der Waals surface area contributed by atoms with Crippen LogP contribution in [0.15, 0.2) is 70.4 Å². The number of fused-ring (bicyclic) bond motifs is 5. The summed E-state index contributed by atoms with van der Waals surface area (Å²) < 4.78 is 6.47. The molecular weight excluding hydrogens is 504 g/mol. The van der Waals surface area contributed by atoms with E-state index in [0.29, 0.717) is 5.82 Å². The van der Waals surface area contributed by atoms with Gasteiger partial charge in [-0.15, -0.1) is 0 Å². The van der Waals surface area contributed by atoms with Gasteiger partial charge in [-0.1, -0.05) is 40.2 Å². The summed E-state index contributed by atoms with van der Waals surface area (Å²) in [5.41, 5.74) is 8.94. The largest absolute Gasteiger partial charge is 0.379 e. The number of anilines is 1. The van der Waals surface area contributed by atoms with Gasteiger partial charge in [-0.2, -0.15) is 5.10 Å². The summed E-state index contributed by atoms with van der Waals surface area (Å²) in [5.74, 6) is 0.689. The van der Waals surface area contributed by atoms with Gasteiger partial charge < -0.3 is 9.72 Å². The molecule has 0 unspecified atom stereocenters. The Morgan fingerprint density at radius 1 is 1.11 bits per heavy atom. The maximum atomic E-state index is 5.43. The van der Waals surface area contributed by atoms with E-state index in [-0.39, 0.29) is 0 Å². The summed E-state index contributed by atoms with van der Waals surface area (Å²) in [5, 5.41) is 8.03. The van der Waals surface area contributed by atoms with Crippen LogP contribution in [0.1, 0.15) is 18.2 Å². The van der Waals surface area contributed by atoms with Crippen molar-refractivity contribution in [3.05, 3.63) is 76.5 Å². The molecule has 0 radical (unpaired) electrons. The van der Waals surface area contributed by atoms with Gasteiger partial charge in [0.15, 0.2) is 5.82 Å². The van der Waals surface area contributed by atoms with E-state index in [1.165, 1.54) is 5.56 Å². The van der Waals surface area contributed by atoms with E-state index >= 15 is 0 Å². The highest BCUT2D eigenvalue weighted by molar-refractivity contribution is 9.10. The minimum atomic E-state index is 0.689. The standard InChI is InChI=1S/C27H25BrN6O/c1-17(22-8-6-18(15-29-22)16-34-10-12-35-13-11-34)32-33-27-26-25(20-4-2-3-5-23(20)31-27)21-14-19(28)7-9-24(21)30-26/h2-9,14-15,30H,10-13,16H2,1H3,(H,31,33). The van der Waals surface area contributed by atoms with Crippen molar-refractivity contribution in [3.63, 3.8) is 0 Å². The molecular formula is C27H25BrN6O. The lowest BCUT2D eigenvalue weighted by atomic mass is 10.1. The van der Waals surface area contributed by atoms with E-state index in [2.05, 4.69) is 65.6 Å². The van der Waals surface area contributed by atoms with Crippen LogP contribution in [0.3, 0.4) is 0 Å². The van der Waals surface area contributed by atoms with Crippen LogP contribution in [0.4, 0.5) is 5.82 Å². The third kappa shape index (κ3) is 4.40. The highest BCUT2D eigenvalue weighted by atomic mass is 79.9. The van der Waals surface area contributed by atoms with E-state index in [0.717, 1.165) is 81.4 Å². The first-order valence-corrected chi connectivity index (χ1v) is 12.5. The van der Waals surface area contributed by atoms with Gasteiger partial charge in [0, 0.05) is 52.0 Å². The smallest absolute Gasteiger partial charge is 0.171 e. The molecule has 0 bridgehead atoms. The van der Waals surface area contributed by atoms with Crippen LogP contribution in [0.25, 0.3) is 32.7 Å². The lowest BCUT2D eigenvalue weighted by Gasteiger charge is -2.26. The van der Waals surface area contributed by atoms with Crippen molar-refractivity contribution in [1.29, 1.82) is 0 Å².